The second-order valence-corrected chi connectivity index (χ2v) is 2.54. The molecule has 2 aromatic rings. The van der Waals surface area contributed by atoms with E-state index in [1.165, 1.54) is 0 Å². The van der Waals surface area contributed by atoms with Gasteiger partial charge in [-0.2, -0.15) is 0 Å². The molecule has 0 saturated carbocycles. The number of aliphatic hydroxyl groups is 1. The Hall–Kier alpha value is -1.75. The Bertz CT molecular complexity index is 492. The fourth-order valence-electron chi connectivity index (χ4n) is 1.17. The highest BCUT2D eigenvalue weighted by atomic mass is 16.3. The normalized spacial score (nSPS) is 10.5. The van der Waals surface area contributed by atoms with Crippen LogP contribution in [0.2, 0.25) is 0 Å². The molecule has 0 aliphatic rings. The molecule has 1 aromatic heterocycles. The van der Waals surface area contributed by atoms with Crippen molar-refractivity contribution >= 4 is 11.0 Å². The Labute approximate surface area is 73.3 Å². The molecule has 1 heterocycles. The molecular formula is C8H7N3O2. The molecule has 1 N–H and O–H groups in total. The molecule has 0 saturated heterocycles. The summed E-state index contributed by atoms with van der Waals surface area (Å²) in [5.41, 5.74) is 0.641. The zero-order valence-electron chi connectivity index (χ0n) is 6.71. The Kier molecular flexibility index (Phi) is 1.79. The first-order chi connectivity index (χ1) is 6.33. The van der Waals surface area contributed by atoms with Gasteiger partial charge in [0, 0.05) is 0 Å². The molecule has 0 unspecified atom stereocenters. The maximum absolute atomic E-state index is 11.1. The van der Waals surface area contributed by atoms with Gasteiger partial charge >= 0.3 is 5.69 Å². The molecule has 2 rings (SSSR count). The summed E-state index contributed by atoms with van der Waals surface area (Å²) < 4.78 is 1.16. The van der Waals surface area contributed by atoms with Gasteiger partial charge in [-0.15, -0.1) is 5.10 Å². The monoisotopic (exact) mass is 177 g/mol. The van der Waals surface area contributed by atoms with Crippen LogP contribution in [0.1, 0.15) is 0 Å². The van der Waals surface area contributed by atoms with Crippen molar-refractivity contribution in [2.75, 3.05) is 0 Å². The third-order valence-electron chi connectivity index (χ3n) is 1.79. The van der Waals surface area contributed by atoms with E-state index in [-0.39, 0.29) is 6.73 Å². The number of hydrogen-bond donors (Lipinski definition) is 1. The summed E-state index contributed by atoms with van der Waals surface area (Å²) in [6.07, 6.45) is 0. The lowest BCUT2D eigenvalue weighted by Crippen LogP contribution is -2.24. The number of hydrogen-bond acceptors (Lipinski definition) is 4. The largest absolute Gasteiger partial charge is 0.376 e. The van der Waals surface area contributed by atoms with E-state index in [4.69, 9.17) is 5.11 Å². The highest BCUT2D eigenvalue weighted by molar-refractivity contribution is 5.73. The van der Waals surface area contributed by atoms with E-state index in [0.717, 1.165) is 4.57 Å². The van der Waals surface area contributed by atoms with Gasteiger partial charge in [0.2, 0.25) is 0 Å². The van der Waals surface area contributed by atoms with Crippen molar-refractivity contribution in [2.24, 2.45) is 0 Å². The minimum Gasteiger partial charge on any atom is -0.376 e. The lowest BCUT2D eigenvalue weighted by molar-refractivity contribution is 0.209. The number of nitrogens with zero attached hydrogens (tertiary/aromatic N) is 3. The van der Waals surface area contributed by atoms with Crippen molar-refractivity contribution in [3.63, 3.8) is 0 Å². The van der Waals surface area contributed by atoms with E-state index < -0.39 is 5.69 Å². The van der Waals surface area contributed by atoms with Crippen molar-refractivity contribution in [1.82, 2.24) is 14.8 Å². The SMILES string of the molecule is O=c1nnc2ccccc2n1CO. The molecule has 13 heavy (non-hydrogen) atoms. The number of benzene rings is 1. The van der Waals surface area contributed by atoms with Crippen molar-refractivity contribution < 1.29 is 5.11 Å². The van der Waals surface area contributed by atoms with Crippen LogP contribution in [0.5, 0.6) is 0 Å². The lowest BCUT2D eigenvalue weighted by atomic mass is 10.3. The third-order valence-corrected chi connectivity index (χ3v) is 1.79. The molecule has 66 valence electrons. The number of fused-ring (bicyclic) bond motifs is 1. The predicted octanol–water partition coefficient (Wildman–Crippen LogP) is -0.259. The molecule has 0 fully saturated rings. The van der Waals surface area contributed by atoms with Crippen molar-refractivity contribution in [2.45, 2.75) is 6.73 Å². The molecule has 5 nitrogen and oxygen atoms in total. The number of aliphatic hydroxyl groups excluding tert-OH is 1. The van der Waals surface area contributed by atoms with Crippen LogP contribution in [0.25, 0.3) is 11.0 Å². The highest BCUT2D eigenvalue weighted by Crippen LogP contribution is 2.05. The van der Waals surface area contributed by atoms with Crippen LogP contribution in [-0.2, 0) is 6.73 Å². The van der Waals surface area contributed by atoms with Gasteiger partial charge in [-0.3, -0.25) is 4.57 Å². The first-order valence-electron chi connectivity index (χ1n) is 3.76. The zero-order chi connectivity index (χ0) is 9.26. The van der Waals surface area contributed by atoms with Crippen molar-refractivity contribution in [3.05, 3.63) is 34.7 Å². The first kappa shape index (κ1) is 7.88. The summed E-state index contributed by atoms with van der Waals surface area (Å²) >= 11 is 0. The third kappa shape index (κ3) is 1.19. The molecule has 0 spiro atoms. The van der Waals surface area contributed by atoms with E-state index in [1.54, 1.807) is 24.3 Å². The number of aromatic nitrogens is 3. The molecule has 0 radical (unpaired) electrons. The van der Waals surface area contributed by atoms with Crippen LogP contribution in [0, 0.1) is 0 Å². The predicted molar refractivity (Wildman–Crippen MR) is 46.0 cm³/mol. The average Bonchev–Trinajstić information content (AvgIpc) is 2.18. The van der Waals surface area contributed by atoms with Gasteiger partial charge in [-0.25, -0.2) is 4.79 Å². The Morgan fingerprint density at radius 3 is 2.85 bits per heavy atom. The summed E-state index contributed by atoms with van der Waals surface area (Å²) in [6.45, 7) is -0.380. The minimum atomic E-state index is -0.541. The lowest BCUT2D eigenvalue weighted by Gasteiger charge is -2.02. The average molecular weight is 177 g/mol. The molecule has 0 aliphatic heterocycles. The maximum Gasteiger partial charge on any atom is 0.368 e. The molecule has 0 atom stereocenters. The van der Waals surface area contributed by atoms with Crippen LogP contribution in [0.3, 0.4) is 0 Å². The molecule has 0 aliphatic carbocycles. The molecule has 0 bridgehead atoms. The summed E-state index contributed by atoms with van der Waals surface area (Å²) in [6, 6.07) is 7.01. The zero-order valence-corrected chi connectivity index (χ0v) is 6.71. The Morgan fingerprint density at radius 2 is 2.08 bits per heavy atom. The molecule has 5 heteroatoms. The van der Waals surface area contributed by atoms with E-state index >= 15 is 0 Å². The van der Waals surface area contributed by atoms with Gasteiger partial charge in [0.15, 0.2) is 0 Å². The van der Waals surface area contributed by atoms with Gasteiger partial charge in [-0.05, 0) is 12.1 Å². The molecule has 1 aromatic carbocycles. The van der Waals surface area contributed by atoms with Crippen molar-refractivity contribution in [1.29, 1.82) is 0 Å². The van der Waals surface area contributed by atoms with E-state index in [9.17, 15) is 4.79 Å². The Balaban J connectivity index is 2.92. The van der Waals surface area contributed by atoms with Gasteiger partial charge in [0.05, 0.1) is 5.52 Å². The number of rotatable bonds is 1. The van der Waals surface area contributed by atoms with E-state index in [2.05, 4.69) is 10.2 Å². The van der Waals surface area contributed by atoms with Crippen molar-refractivity contribution in [3.8, 4) is 0 Å². The first-order valence-corrected chi connectivity index (χ1v) is 3.76. The summed E-state index contributed by atoms with van der Waals surface area (Å²) in [7, 11) is 0. The fourth-order valence-corrected chi connectivity index (χ4v) is 1.17. The topological polar surface area (TPSA) is 68.0 Å². The quantitative estimate of drug-likeness (QED) is 0.651. The Morgan fingerprint density at radius 1 is 1.31 bits per heavy atom. The van der Waals surface area contributed by atoms with E-state index in [0.29, 0.717) is 11.0 Å². The van der Waals surface area contributed by atoms with Crippen LogP contribution in [0.4, 0.5) is 0 Å². The minimum absolute atomic E-state index is 0.380. The highest BCUT2D eigenvalue weighted by Gasteiger charge is 2.01. The maximum atomic E-state index is 11.1. The summed E-state index contributed by atoms with van der Waals surface area (Å²) in [5, 5.41) is 16.0. The smallest absolute Gasteiger partial charge is 0.368 e. The van der Waals surface area contributed by atoms with Crippen LogP contribution in [0.15, 0.2) is 29.1 Å². The van der Waals surface area contributed by atoms with Gasteiger partial charge in [0.25, 0.3) is 0 Å². The van der Waals surface area contributed by atoms with Gasteiger partial charge in [-0.1, -0.05) is 17.2 Å². The van der Waals surface area contributed by atoms with E-state index in [1.807, 2.05) is 0 Å². The second kappa shape index (κ2) is 2.95. The number of para-hydroxylation sites is 1. The standard InChI is InChI=1S/C8H7N3O2/c12-5-11-7-4-2-1-3-6(7)9-10-8(11)13/h1-4,12H,5H2. The van der Waals surface area contributed by atoms with Gasteiger partial charge < -0.3 is 5.11 Å². The molecule has 0 amide bonds. The van der Waals surface area contributed by atoms with Crippen LogP contribution < -0.4 is 5.69 Å². The summed E-state index contributed by atoms with van der Waals surface area (Å²) in [5.74, 6) is 0. The van der Waals surface area contributed by atoms with Gasteiger partial charge in [0.1, 0.15) is 12.2 Å². The fraction of sp³-hybridized carbons (Fsp3) is 0.125. The van der Waals surface area contributed by atoms with Crippen LogP contribution >= 0.6 is 0 Å². The van der Waals surface area contributed by atoms with Crippen LogP contribution in [-0.4, -0.2) is 19.9 Å². The molecular weight excluding hydrogens is 170 g/mol. The summed E-state index contributed by atoms with van der Waals surface area (Å²) in [4.78, 5) is 11.1. The second-order valence-electron chi connectivity index (χ2n) is 2.54.